The number of rotatable bonds is 0. The molecule has 0 aliphatic rings. The van der Waals surface area contributed by atoms with Crippen molar-refractivity contribution < 1.29 is 22.3 Å². The fraction of sp³-hybridized carbons (Fsp3) is 0. The molecule has 0 spiro atoms. The lowest BCUT2D eigenvalue weighted by Gasteiger charge is -1.68. The van der Waals surface area contributed by atoms with E-state index in [4.69, 9.17) is 22.3 Å². The molecule has 0 aromatic heterocycles. The third kappa shape index (κ3) is 445. The van der Waals surface area contributed by atoms with Gasteiger partial charge in [-0.3, -0.25) is 9.11 Å². The Morgan fingerprint density at radius 2 is 1.12 bits per heavy atom. The molecule has 0 unspecified atom stereocenters. The summed E-state index contributed by atoms with van der Waals surface area (Å²) in [4.78, 5) is 8.00. The van der Waals surface area contributed by atoms with Gasteiger partial charge in [0.25, 0.3) is 0 Å². The van der Waals surface area contributed by atoms with Crippen molar-refractivity contribution in [2.75, 3.05) is 0 Å². The number of carbonyl (C=O) groups excluding carboxylic acids is 1. The summed E-state index contributed by atoms with van der Waals surface area (Å²) >= 11 is 0. The summed E-state index contributed by atoms with van der Waals surface area (Å²) in [6.45, 7) is 2.00. The van der Waals surface area contributed by atoms with Gasteiger partial charge in [-0.2, -0.15) is 8.42 Å². The van der Waals surface area contributed by atoms with Crippen molar-refractivity contribution in [3.05, 3.63) is 0 Å². The third-order valence-corrected chi connectivity index (χ3v) is 0. The van der Waals surface area contributed by atoms with E-state index in [9.17, 15) is 0 Å². The van der Waals surface area contributed by atoms with Crippen LogP contribution < -0.4 is 6.15 Å². The standard InChI is InChI=1S/CH2O.H3N.H2O4S/c1-2;;1-5(2,3)4/h1H2;1H3;(H2,1,2,3,4). The van der Waals surface area contributed by atoms with Gasteiger partial charge >= 0.3 is 10.4 Å². The van der Waals surface area contributed by atoms with Crippen molar-refractivity contribution in [2.24, 2.45) is 0 Å². The molecule has 0 aliphatic heterocycles. The average molecular weight is 145 g/mol. The molecule has 0 bridgehead atoms. The first kappa shape index (κ1) is 15.6. The zero-order chi connectivity index (χ0) is 6.50. The highest BCUT2D eigenvalue weighted by Crippen LogP contribution is 1.59. The molecule has 8 heavy (non-hydrogen) atoms. The second-order valence-corrected chi connectivity index (χ2v) is 1.34. The van der Waals surface area contributed by atoms with Crippen LogP contribution in [0.25, 0.3) is 0 Å². The molecule has 6 nitrogen and oxygen atoms in total. The molecular formula is CH7NO5S. The van der Waals surface area contributed by atoms with Gasteiger partial charge in [0.2, 0.25) is 0 Å². The fourth-order valence-corrected chi connectivity index (χ4v) is 0. The Morgan fingerprint density at radius 3 is 1.12 bits per heavy atom. The van der Waals surface area contributed by atoms with E-state index in [0.717, 1.165) is 0 Å². The number of carbonyl (C=O) groups is 1. The first-order valence-corrected chi connectivity index (χ1v) is 2.38. The van der Waals surface area contributed by atoms with Crippen molar-refractivity contribution in [3.63, 3.8) is 0 Å². The van der Waals surface area contributed by atoms with Gasteiger partial charge in [0.15, 0.2) is 0 Å². The summed E-state index contributed by atoms with van der Waals surface area (Å²) in [6.07, 6.45) is 0. The Morgan fingerprint density at radius 1 is 1.12 bits per heavy atom. The van der Waals surface area contributed by atoms with Gasteiger partial charge in [-0.25, -0.2) is 0 Å². The normalized spacial score (nSPS) is 7.75. The molecule has 0 rings (SSSR count). The lowest BCUT2D eigenvalue weighted by molar-refractivity contribution is -0.0979. The number of hydrogen-bond acceptors (Lipinski definition) is 4. The van der Waals surface area contributed by atoms with Crippen LogP contribution in [-0.2, 0) is 15.2 Å². The average Bonchev–Trinajstić information content (AvgIpc) is 1.36. The molecule has 0 aliphatic carbocycles. The minimum atomic E-state index is -4.67. The summed E-state index contributed by atoms with van der Waals surface area (Å²) in [6, 6.07) is 0. The van der Waals surface area contributed by atoms with Crippen LogP contribution >= 0.6 is 0 Å². The fourth-order valence-electron chi connectivity index (χ4n) is 0. The quantitative estimate of drug-likeness (QED) is 0.388. The first-order chi connectivity index (χ1) is 3.00. The van der Waals surface area contributed by atoms with Gasteiger partial charge in [-0.1, -0.05) is 0 Å². The molecule has 0 aromatic carbocycles. The summed E-state index contributed by atoms with van der Waals surface area (Å²) in [5.41, 5.74) is 0. The van der Waals surface area contributed by atoms with Gasteiger partial charge in [-0.15, -0.1) is 0 Å². The van der Waals surface area contributed by atoms with E-state index < -0.39 is 10.4 Å². The van der Waals surface area contributed by atoms with Crippen LogP contribution in [0.1, 0.15) is 0 Å². The van der Waals surface area contributed by atoms with E-state index in [0.29, 0.717) is 0 Å². The maximum atomic E-state index is 8.74. The maximum absolute atomic E-state index is 8.74. The van der Waals surface area contributed by atoms with E-state index in [1.54, 1.807) is 0 Å². The molecule has 0 fully saturated rings. The highest BCUT2D eigenvalue weighted by Gasteiger charge is 1.84. The Bertz CT molecular complexity index is 106. The molecule has 0 radical (unpaired) electrons. The first-order valence-electron chi connectivity index (χ1n) is 0.987. The van der Waals surface area contributed by atoms with Crippen LogP contribution in [0, 0.1) is 0 Å². The van der Waals surface area contributed by atoms with Crippen LogP contribution in [0.15, 0.2) is 0 Å². The molecular weight excluding hydrogens is 138 g/mol. The Hall–Kier alpha value is -0.500. The lowest BCUT2D eigenvalue weighted by atomic mass is 11.9. The molecule has 7 heteroatoms. The Balaban J connectivity index is -0.0000000750. The topological polar surface area (TPSA) is 127 Å². The van der Waals surface area contributed by atoms with Crippen molar-refractivity contribution in [2.45, 2.75) is 0 Å². The highest BCUT2D eigenvalue weighted by atomic mass is 32.3. The molecule has 0 saturated carbocycles. The third-order valence-electron chi connectivity index (χ3n) is 0. The molecule has 0 atom stereocenters. The maximum Gasteiger partial charge on any atom is 0.394 e. The Kier molecular flexibility index (Phi) is 12.7. The van der Waals surface area contributed by atoms with Gasteiger partial charge in [0.05, 0.1) is 0 Å². The molecule has 0 saturated heterocycles. The predicted octanol–water partition coefficient (Wildman–Crippen LogP) is -0.676. The van der Waals surface area contributed by atoms with Gasteiger partial charge in [-0.05, 0) is 0 Å². The summed E-state index contributed by atoms with van der Waals surface area (Å²) in [5, 5.41) is 0. The van der Waals surface area contributed by atoms with Crippen molar-refractivity contribution in [1.29, 1.82) is 0 Å². The highest BCUT2D eigenvalue weighted by molar-refractivity contribution is 7.79. The van der Waals surface area contributed by atoms with E-state index in [1.807, 2.05) is 6.79 Å². The van der Waals surface area contributed by atoms with E-state index in [1.165, 1.54) is 0 Å². The van der Waals surface area contributed by atoms with E-state index >= 15 is 0 Å². The number of hydrogen-bond donors (Lipinski definition) is 3. The minimum Gasteiger partial charge on any atom is -0.344 e. The van der Waals surface area contributed by atoms with Gasteiger partial charge in [0.1, 0.15) is 6.79 Å². The second kappa shape index (κ2) is 6.50. The SMILES string of the molecule is C=O.N.O=S(=O)(O)O. The summed E-state index contributed by atoms with van der Waals surface area (Å²) in [7, 11) is -4.67. The lowest BCUT2D eigenvalue weighted by Crippen LogP contribution is -1.89. The minimum absolute atomic E-state index is 0. The predicted molar refractivity (Wildman–Crippen MR) is 26.3 cm³/mol. The largest absolute Gasteiger partial charge is 0.394 e. The summed E-state index contributed by atoms with van der Waals surface area (Å²) < 4.78 is 31.6. The van der Waals surface area contributed by atoms with Crippen molar-refractivity contribution in [1.82, 2.24) is 6.15 Å². The molecule has 0 heterocycles. The molecule has 52 valence electrons. The van der Waals surface area contributed by atoms with Crippen LogP contribution in [0.2, 0.25) is 0 Å². The van der Waals surface area contributed by atoms with Gasteiger partial charge < -0.3 is 10.9 Å². The summed E-state index contributed by atoms with van der Waals surface area (Å²) in [5.74, 6) is 0. The smallest absolute Gasteiger partial charge is 0.344 e. The zero-order valence-corrected chi connectivity index (χ0v) is 4.76. The van der Waals surface area contributed by atoms with Crippen molar-refractivity contribution >= 4 is 17.2 Å². The van der Waals surface area contributed by atoms with Crippen molar-refractivity contribution in [3.8, 4) is 0 Å². The second-order valence-electron chi connectivity index (χ2n) is 0.448. The van der Waals surface area contributed by atoms with Crippen LogP contribution in [0.5, 0.6) is 0 Å². The van der Waals surface area contributed by atoms with Crippen LogP contribution in [0.3, 0.4) is 0 Å². The monoisotopic (exact) mass is 145 g/mol. The van der Waals surface area contributed by atoms with E-state index in [2.05, 4.69) is 0 Å². The van der Waals surface area contributed by atoms with Crippen LogP contribution in [-0.4, -0.2) is 24.3 Å². The molecule has 0 amide bonds. The zero-order valence-electron chi connectivity index (χ0n) is 3.94. The molecule has 0 aromatic rings. The van der Waals surface area contributed by atoms with E-state index in [-0.39, 0.29) is 6.15 Å². The van der Waals surface area contributed by atoms with Crippen LogP contribution in [0.4, 0.5) is 0 Å². The van der Waals surface area contributed by atoms with Gasteiger partial charge in [0, 0.05) is 0 Å². The Labute approximate surface area is 46.7 Å². The molecule has 5 N–H and O–H groups in total.